The van der Waals surface area contributed by atoms with E-state index in [1.807, 2.05) is 17.6 Å². The number of hydrogen-bond donors (Lipinski definition) is 1. The number of thiazole rings is 1. The highest BCUT2D eigenvalue weighted by atomic mass is 32.1. The first kappa shape index (κ1) is 13.1. The van der Waals surface area contributed by atoms with Crippen LogP contribution in [0.25, 0.3) is 15.9 Å². The van der Waals surface area contributed by atoms with Gasteiger partial charge in [-0.3, -0.25) is 0 Å². The average Bonchev–Trinajstić information content (AvgIpc) is 3.11. The van der Waals surface area contributed by atoms with Gasteiger partial charge in [-0.2, -0.15) is 4.68 Å². The highest BCUT2D eigenvalue weighted by Crippen LogP contribution is 2.22. The molecular formula is C13H16N6S. The lowest BCUT2D eigenvalue weighted by Crippen LogP contribution is -2.22. The van der Waals surface area contributed by atoms with E-state index in [0.29, 0.717) is 0 Å². The molecule has 104 valence electrons. The quantitative estimate of drug-likeness (QED) is 0.780. The molecule has 1 atom stereocenters. The zero-order valence-corrected chi connectivity index (χ0v) is 12.3. The van der Waals surface area contributed by atoms with E-state index in [9.17, 15) is 0 Å². The Balaban J connectivity index is 1.95. The standard InChI is InChI=1S/C13H16N6S/c1-3-6-14-9(2)13-16-17-18-19(13)10-4-5-11-12(7-10)20-8-15-11/h4-5,7-9,14H,3,6H2,1-2H3. The van der Waals surface area contributed by atoms with Crippen molar-refractivity contribution in [3.8, 4) is 5.69 Å². The van der Waals surface area contributed by atoms with Crippen LogP contribution in [0, 0.1) is 0 Å². The van der Waals surface area contributed by atoms with Gasteiger partial charge in [0.1, 0.15) is 0 Å². The summed E-state index contributed by atoms with van der Waals surface area (Å²) in [5.41, 5.74) is 3.82. The van der Waals surface area contributed by atoms with E-state index in [4.69, 9.17) is 0 Å². The summed E-state index contributed by atoms with van der Waals surface area (Å²) in [6.45, 7) is 5.16. The van der Waals surface area contributed by atoms with Crippen molar-refractivity contribution in [2.75, 3.05) is 6.54 Å². The molecule has 0 bridgehead atoms. The molecule has 0 amide bonds. The summed E-state index contributed by atoms with van der Waals surface area (Å²) < 4.78 is 2.92. The number of rotatable bonds is 5. The van der Waals surface area contributed by atoms with Gasteiger partial charge in [-0.25, -0.2) is 4.98 Å². The van der Waals surface area contributed by atoms with E-state index < -0.39 is 0 Å². The number of hydrogen-bond acceptors (Lipinski definition) is 6. The number of benzene rings is 1. The fraction of sp³-hybridized carbons (Fsp3) is 0.385. The maximum atomic E-state index is 4.28. The van der Waals surface area contributed by atoms with Gasteiger partial charge in [-0.1, -0.05) is 6.92 Å². The van der Waals surface area contributed by atoms with Crippen LogP contribution in [0.5, 0.6) is 0 Å². The zero-order valence-electron chi connectivity index (χ0n) is 11.4. The van der Waals surface area contributed by atoms with Gasteiger partial charge in [0.2, 0.25) is 0 Å². The molecule has 2 heterocycles. The van der Waals surface area contributed by atoms with Crippen LogP contribution in [-0.4, -0.2) is 31.7 Å². The van der Waals surface area contributed by atoms with Crippen LogP contribution in [-0.2, 0) is 0 Å². The van der Waals surface area contributed by atoms with Gasteiger partial charge in [0, 0.05) is 0 Å². The third-order valence-electron chi connectivity index (χ3n) is 3.14. The lowest BCUT2D eigenvalue weighted by molar-refractivity contribution is 0.531. The molecule has 3 aromatic rings. The highest BCUT2D eigenvalue weighted by Gasteiger charge is 2.15. The molecule has 7 heteroatoms. The summed E-state index contributed by atoms with van der Waals surface area (Å²) in [6.07, 6.45) is 1.08. The lowest BCUT2D eigenvalue weighted by atomic mass is 10.2. The Hall–Kier alpha value is -1.86. The minimum atomic E-state index is 0.113. The molecule has 6 nitrogen and oxygen atoms in total. The van der Waals surface area contributed by atoms with Crippen LogP contribution in [0.4, 0.5) is 0 Å². The van der Waals surface area contributed by atoms with Crippen molar-refractivity contribution >= 4 is 21.6 Å². The second-order valence-electron chi connectivity index (χ2n) is 4.63. The summed E-state index contributed by atoms with van der Waals surface area (Å²) in [5.74, 6) is 0.822. The van der Waals surface area contributed by atoms with Crippen LogP contribution in [0.2, 0.25) is 0 Å². The Morgan fingerprint density at radius 3 is 3.15 bits per heavy atom. The Bertz CT molecular complexity index is 704. The number of nitrogens with zero attached hydrogens (tertiary/aromatic N) is 5. The first-order valence-electron chi connectivity index (χ1n) is 6.65. The Kier molecular flexibility index (Phi) is 3.70. The zero-order chi connectivity index (χ0) is 13.9. The summed E-state index contributed by atoms with van der Waals surface area (Å²) in [4.78, 5) is 4.28. The predicted octanol–water partition coefficient (Wildman–Crippen LogP) is 2.33. The molecule has 0 radical (unpaired) electrons. The molecule has 0 fully saturated rings. The summed E-state index contributed by atoms with van der Waals surface area (Å²) in [7, 11) is 0. The largest absolute Gasteiger partial charge is 0.307 e. The van der Waals surface area contributed by atoms with Crippen LogP contribution < -0.4 is 5.32 Å². The van der Waals surface area contributed by atoms with Crippen molar-refractivity contribution in [2.45, 2.75) is 26.3 Å². The van der Waals surface area contributed by atoms with Crippen molar-refractivity contribution in [1.29, 1.82) is 0 Å². The van der Waals surface area contributed by atoms with Crippen molar-refractivity contribution in [1.82, 2.24) is 30.5 Å². The Labute approximate surface area is 120 Å². The topological polar surface area (TPSA) is 68.5 Å². The Morgan fingerprint density at radius 2 is 2.30 bits per heavy atom. The summed E-state index contributed by atoms with van der Waals surface area (Å²) >= 11 is 1.62. The average molecular weight is 288 g/mol. The molecule has 0 spiro atoms. The lowest BCUT2D eigenvalue weighted by Gasteiger charge is -2.12. The molecular weight excluding hydrogens is 272 g/mol. The first-order valence-corrected chi connectivity index (χ1v) is 7.53. The molecule has 2 aromatic heterocycles. The van der Waals surface area contributed by atoms with Gasteiger partial charge < -0.3 is 5.32 Å². The molecule has 1 aromatic carbocycles. The third-order valence-corrected chi connectivity index (χ3v) is 3.93. The van der Waals surface area contributed by atoms with Crippen molar-refractivity contribution in [3.05, 3.63) is 29.5 Å². The minimum Gasteiger partial charge on any atom is -0.307 e. The molecule has 1 N–H and O–H groups in total. The van der Waals surface area contributed by atoms with Gasteiger partial charge in [0.25, 0.3) is 0 Å². The molecule has 0 aliphatic carbocycles. The second kappa shape index (κ2) is 5.64. The number of aromatic nitrogens is 5. The fourth-order valence-electron chi connectivity index (χ4n) is 2.08. The molecule has 20 heavy (non-hydrogen) atoms. The van der Waals surface area contributed by atoms with Gasteiger partial charge in [0.05, 0.1) is 27.5 Å². The molecule has 0 aliphatic heterocycles. The maximum absolute atomic E-state index is 4.28. The molecule has 0 saturated carbocycles. The molecule has 0 aliphatic rings. The number of nitrogens with one attached hydrogen (secondary N) is 1. The smallest absolute Gasteiger partial charge is 0.173 e. The van der Waals surface area contributed by atoms with Gasteiger partial charge in [-0.05, 0) is 48.5 Å². The highest BCUT2D eigenvalue weighted by molar-refractivity contribution is 7.16. The summed E-state index contributed by atoms with van der Waals surface area (Å²) in [5, 5.41) is 15.5. The van der Waals surface area contributed by atoms with Crippen LogP contribution in [0.15, 0.2) is 23.7 Å². The minimum absolute atomic E-state index is 0.113. The van der Waals surface area contributed by atoms with Crippen LogP contribution >= 0.6 is 11.3 Å². The number of fused-ring (bicyclic) bond motifs is 1. The normalized spacial score (nSPS) is 12.9. The monoisotopic (exact) mass is 288 g/mol. The van der Waals surface area contributed by atoms with E-state index in [2.05, 4.69) is 45.7 Å². The van der Waals surface area contributed by atoms with E-state index >= 15 is 0 Å². The van der Waals surface area contributed by atoms with E-state index in [1.165, 1.54) is 0 Å². The SMILES string of the molecule is CCCNC(C)c1nnnn1-c1ccc2ncsc2c1. The van der Waals surface area contributed by atoms with E-state index in [1.54, 1.807) is 16.0 Å². The van der Waals surface area contributed by atoms with Crippen LogP contribution in [0.1, 0.15) is 32.1 Å². The fourth-order valence-corrected chi connectivity index (χ4v) is 2.79. The van der Waals surface area contributed by atoms with Gasteiger partial charge in [-0.15, -0.1) is 16.4 Å². The predicted molar refractivity (Wildman–Crippen MR) is 79.0 cm³/mol. The summed E-state index contributed by atoms with van der Waals surface area (Å²) in [6, 6.07) is 6.17. The van der Waals surface area contributed by atoms with E-state index in [0.717, 1.165) is 34.7 Å². The van der Waals surface area contributed by atoms with E-state index in [-0.39, 0.29) is 6.04 Å². The van der Waals surface area contributed by atoms with Crippen LogP contribution in [0.3, 0.4) is 0 Å². The maximum Gasteiger partial charge on any atom is 0.173 e. The molecule has 3 rings (SSSR count). The third kappa shape index (κ3) is 2.41. The van der Waals surface area contributed by atoms with Crippen molar-refractivity contribution in [3.63, 3.8) is 0 Å². The molecule has 0 saturated heterocycles. The van der Waals surface area contributed by atoms with Crippen molar-refractivity contribution < 1.29 is 0 Å². The van der Waals surface area contributed by atoms with Gasteiger partial charge in [0.15, 0.2) is 5.82 Å². The second-order valence-corrected chi connectivity index (χ2v) is 5.52. The first-order chi connectivity index (χ1) is 9.79. The van der Waals surface area contributed by atoms with Crippen molar-refractivity contribution in [2.24, 2.45) is 0 Å². The Morgan fingerprint density at radius 1 is 1.40 bits per heavy atom. The molecule has 1 unspecified atom stereocenters. The van der Waals surface area contributed by atoms with Gasteiger partial charge >= 0.3 is 0 Å². The number of tetrazole rings is 1.